The molecule has 0 amide bonds. The molecule has 0 unspecified atom stereocenters. The van der Waals surface area contributed by atoms with Crippen LogP contribution in [0.3, 0.4) is 0 Å². The number of likely N-dealkylation sites (tertiary alicyclic amines) is 1. The number of benzene rings is 1. The van der Waals surface area contributed by atoms with Crippen LogP contribution in [0, 0.1) is 5.92 Å². The normalized spacial score (nSPS) is 17.4. The Kier molecular flexibility index (Phi) is 7.26. The summed E-state index contributed by atoms with van der Waals surface area (Å²) in [6.45, 7) is 4.30. The van der Waals surface area contributed by atoms with E-state index in [9.17, 15) is 4.79 Å². The quantitative estimate of drug-likeness (QED) is 0.348. The highest BCUT2D eigenvalue weighted by molar-refractivity contribution is 6.06. The molecule has 196 valence electrons. The minimum atomic E-state index is 0.0197. The van der Waals surface area contributed by atoms with Crippen molar-refractivity contribution in [3.63, 3.8) is 0 Å². The van der Waals surface area contributed by atoms with Crippen molar-refractivity contribution in [1.29, 1.82) is 0 Å². The summed E-state index contributed by atoms with van der Waals surface area (Å²) in [4.78, 5) is 29.3. The van der Waals surface area contributed by atoms with Gasteiger partial charge in [0.25, 0.3) is 0 Å². The number of aromatic nitrogens is 3. The molecule has 1 aliphatic carbocycles. The number of hydrogen-bond acceptors (Lipinski definition) is 9. The molecule has 1 saturated heterocycles. The van der Waals surface area contributed by atoms with Crippen molar-refractivity contribution < 1.29 is 9.32 Å². The summed E-state index contributed by atoms with van der Waals surface area (Å²) in [5.41, 5.74) is 3.53. The summed E-state index contributed by atoms with van der Waals surface area (Å²) in [6, 6.07) is 13.5. The Hall–Kier alpha value is -3.85. The third-order valence-corrected chi connectivity index (χ3v) is 7.25. The van der Waals surface area contributed by atoms with Gasteiger partial charge in [-0.3, -0.25) is 9.79 Å². The van der Waals surface area contributed by atoms with Gasteiger partial charge in [-0.1, -0.05) is 35.5 Å². The molecule has 0 atom stereocenters. The third-order valence-electron chi connectivity index (χ3n) is 7.25. The van der Waals surface area contributed by atoms with Crippen LogP contribution in [0.1, 0.15) is 54.8 Å². The lowest BCUT2D eigenvalue weighted by Gasteiger charge is -2.14. The monoisotopic (exact) mass is 511 g/mol. The van der Waals surface area contributed by atoms with E-state index >= 15 is 0 Å². The van der Waals surface area contributed by atoms with Crippen LogP contribution in [-0.4, -0.2) is 57.8 Å². The molecule has 9 heteroatoms. The number of rotatable bonds is 11. The van der Waals surface area contributed by atoms with Crippen LogP contribution in [0.4, 0.5) is 11.8 Å². The second-order valence-corrected chi connectivity index (χ2v) is 10.3. The summed E-state index contributed by atoms with van der Waals surface area (Å²) < 4.78 is 5.52. The standard InChI is InChI=1S/C29H33N7O2/c37-26(9-6-14-36-12-4-5-13-36)25-17-28(33-27-15-22(18-30-27)20-10-11-20)34-29(32-25)31-19-23-16-24(35-38-23)21-7-2-1-3-8-21/h1-3,7-8,15-17,20H,4-6,9-14,18-19H2,(H2,30,31,32,33,34). The maximum absolute atomic E-state index is 13.1. The summed E-state index contributed by atoms with van der Waals surface area (Å²) in [5.74, 6) is 3.05. The number of ketones is 1. The zero-order valence-electron chi connectivity index (χ0n) is 21.5. The Bertz CT molecular complexity index is 1340. The Morgan fingerprint density at radius 3 is 2.74 bits per heavy atom. The van der Waals surface area contributed by atoms with Gasteiger partial charge in [0.2, 0.25) is 5.95 Å². The molecule has 38 heavy (non-hydrogen) atoms. The number of Topliss-reactive ketones (excluding diaryl/α,β-unsaturated/α-hetero) is 1. The van der Waals surface area contributed by atoms with Crippen molar-refractivity contribution in [3.8, 4) is 11.3 Å². The van der Waals surface area contributed by atoms with Gasteiger partial charge < -0.3 is 20.1 Å². The predicted octanol–water partition coefficient (Wildman–Crippen LogP) is 4.96. The smallest absolute Gasteiger partial charge is 0.225 e. The van der Waals surface area contributed by atoms with E-state index in [0.717, 1.165) is 49.7 Å². The molecular formula is C29H33N7O2. The molecule has 1 aromatic carbocycles. The van der Waals surface area contributed by atoms with E-state index in [1.807, 2.05) is 36.4 Å². The fourth-order valence-electron chi connectivity index (χ4n) is 4.99. The molecule has 1 saturated carbocycles. The number of carbonyl (C=O) groups excluding carboxylic acids is 1. The van der Waals surface area contributed by atoms with Crippen molar-refractivity contribution in [2.24, 2.45) is 10.9 Å². The second kappa shape index (κ2) is 11.3. The molecule has 4 heterocycles. The maximum atomic E-state index is 13.1. The minimum absolute atomic E-state index is 0.0197. The lowest BCUT2D eigenvalue weighted by atomic mass is 10.1. The topological polar surface area (TPSA) is 109 Å². The van der Waals surface area contributed by atoms with E-state index in [1.54, 1.807) is 6.07 Å². The van der Waals surface area contributed by atoms with E-state index < -0.39 is 0 Å². The average Bonchev–Trinajstić information content (AvgIpc) is 3.30. The first kappa shape index (κ1) is 24.5. The van der Waals surface area contributed by atoms with Crippen LogP contribution >= 0.6 is 0 Å². The number of nitrogens with one attached hydrogen (secondary N) is 2. The van der Waals surface area contributed by atoms with Crippen LogP contribution in [0.2, 0.25) is 0 Å². The van der Waals surface area contributed by atoms with Crippen LogP contribution in [0.15, 0.2) is 63.6 Å². The molecule has 2 N–H and O–H groups in total. The lowest BCUT2D eigenvalue weighted by molar-refractivity contribution is 0.0971. The van der Waals surface area contributed by atoms with Gasteiger partial charge >= 0.3 is 0 Å². The summed E-state index contributed by atoms with van der Waals surface area (Å²) in [5, 5.41) is 10.7. The molecule has 3 aliphatic rings. The fourth-order valence-corrected chi connectivity index (χ4v) is 4.99. The van der Waals surface area contributed by atoms with Gasteiger partial charge in [0, 0.05) is 24.1 Å². The van der Waals surface area contributed by atoms with Crippen molar-refractivity contribution in [2.75, 3.05) is 36.8 Å². The molecule has 9 nitrogen and oxygen atoms in total. The van der Waals surface area contributed by atoms with Crippen molar-refractivity contribution in [3.05, 3.63) is 65.6 Å². The first-order chi connectivity index (χ1) is 18.7. The maximum Gasteiger partial charge on any atom is 0.225 e. The second-order valence-electron chi connectivity index (χ2n) is 10.3. The molecular weight excluding hydrogens is 478 g/mol. The SMILES string of the molecule is O=C(CCCN1CCCC1)c1cc(NC2=NCC(C3CC3)=C2)nc(NCc2cc(-c3ccccc3)no2)n1. The highest BCUT2D eigenvalue weighted by Gasteiger charge is 2.28. The molecule has 0 bridgehead atoms. The summed E-state index contributed by atoms with van der Waals surface area (Å²) in [7, 11) is 0. The summed E-state index contributed by atoms with van der Waals surface area (Å²) >= 11 is 0. The Morgan fingerprint density at radius 1 is 1.08 bits per heavy atom. The summed E-state index contributed by atoms with van der Waals surface area (Å²) in [6.07, 6.45) is 8.41. The number of carbonyl (C=O) groups is 1. The molecule has 2 aromatic heterocycles. The first-order valence-electron chi connectivity index (χ1n) is 13.6. The van der Waals surface area contributed by atoms with Crippen LogP contribution in [0.25, 0.3) is 11.3 Å². The Morgan fingerprint density at radius 2 is 1.92 bits per heavy atom. The van der Waals surface area contributed by atoms with Crippen molar-refractivity contribution in [2.45, 2.75) is 45.1 Å². The molecule has 0 spiro atoms. The van der Waals surface area contributed by atoms with Crippen molar-refractivity contribution >= 4 is 23.4 Å². The predicted molar refractivity (Wildman–Crippen MR) is 147 cm³/mol. The first-order valence-corrected chi connectivity index (χ1v) is 13.6. The van der Waals surface area contributed by atoms with E-state index in [0.29, 0.717) is 42.1 Å². The Labute approximate surface area is 222 Å². The minimum Gasteiger partial charge on any atom is -0.359 e. The highest BCUT2D eigenvalue weighted by atomic mass is 16.5. The van der Waals surface area contributed by atoms with Gasteiger partial charge in [-0.2, -0.15) is 4.98 Å². The number of anilines is 2. The number of aliphatic imine (C=N–C) groups is 1. The van der Waals surface area contributed by atoms with Gasteiger partial charge in [-0.25, -0.2) is 4.98 Å². The van der Waals surface area contributed by atoms with Crippen LogP contribution < -0.4 is 10.6 Å². The van der Waals surface area contributed by atoms with Crippen molar-refractivity contribution in [1.82, 2.24) is 20.0 Å². The van der Waals surface area contributed by atoms with E-state index in [4.69, 9.17) is 4.52 Å². The fraction of sp³-hybridized carbons (Fsp3) is 0.414. The van der Waals surface area contributed by atoms with E-state index in [1.165, 1.54) is 31.3 Å². The Balaban J connectivity index is 1.15. The van der Waals surface area contributed by atoms with E-state index in [2.05, 4.69) is 41.7 Å². The largest absolute Gasteiger partial charge is 0.359 e. The number of hydrogen-bond donors (Lipinski definition) is 2. The highest BCUT2D eigenvalue weighted by Crippen LogP contribution is 2.37. The van der Waals surface area contributed by atoms with Gasteiger partial charge in [0.1, 0.15) is 23.0 Å². The molecule has 2 fully saturated rings. The van der Waals surface area contributed by atoms with Gasteiger partial charge in [-0.05, 0) is 69.3 Å². The van der Waals surface area contributed by atoms with Crippen LogP contribution in [-0.2, 0) is 6.54 Å². The van der Waals surface area contributed by atoms with Gasteiger partial charge in [0.15, 0.2) is 11.5 Å². The van der Waals surface area contributed by atoms with Gasteiger partial charge in [0.05, 0.1) is 13.1 Å². The number of amidine groups is 1. The molecule has 0 radical (unpaired) electrons. The zero-order chi connectivity index (χ0) is 25.7. The van der Waals surface area contributed by atoms with Gasteiger partial charge in [-0.15, -0.1) is 0 Å². The van der Waals surface area contributed by atoms with Crippen LogP contribution in [0.5, 0.6) is 0 Å². The van der Waals surface area contributed by atoms with E-state index in [-0.39, 0.29) is 5.78 Å². The lowest BCUT2D eigenvalue weighted by Crippen LogP contribution is -2.21. The molecule has 2 aliphatic heterocycles. The molecule has 6 rings (SSSR count). The average molecular weight is 512 g/mol. The zero-order valence-corrected chi connectivity index (χ0v) is 21.5. The molecule has 3 aromatic rings. The third kappa shape index (κ3) is 6.16. The number of nitrogens with zero attached hydrogens (tertiary/aromatic N) is 5.